The normalized spacial score (nSPS) is 10.1. The quantitative estimate of drug-likeness (QED) is 0.882. The molecule has 0 unspecified atom stereocenters. The zero-order chi connectivity index (χ0) is 14.7. The van der Waals surface area contributed by atoms with Gasteiger partial charge in [0.25, 0.3) is 5.91 Å². The number of nitrogens with zero attached hydrogens (tertiary/aromatic N) is 2. The molecule has 8 heteroatoms. The second-order valence-electron chi connectivity index (χ2n) is 3.71. The first kappa shape index (κ1) is 14.4. The van der Waals surface area contributed by atoms with E-state index in [4.69, 9.17) is 16.7 Å². The first-order chi connectivity index (χ1) is 9.45. The number of rotatable bonds is 3. The number of benzene rings is 1. The van der Waals surface area contributed by atoms with Gasteiger partial charge < -0.3 is 10.4 Å². The molecule has 6 nitrogen and oxygen atoms in total. The third-order valence-corrected chi connectivity index (χ3v) is 2.88. The van der Waals surface area contributed by atoms with Crippen LogP contribution >= 0.6 is 27.5 Å². The fourth-order valence-electron chi connectivity index (χ4n) is 1.43. The molecule has 0 fully saturated rings. The van der Waals surface area contributed by atoms with Crippen LogP contribution in [0.1, 0.15) is 20.8 Å². The number of carbonyl (C=O) groups excluding carboxylic acids is 1. The molecular weight excluding hydrogens is 350 g/mol. The number of hydrogen-bond acceptors (Lipinski definition) is 4. The third kappa shape index (κ3) is 3.52. The highest BCUT2D eigenvalue weighted by Gasteiger charge is 2.11. The monoisotopic (exact) mass is 355 g/mol. The van der Waals surface area contributed by atoms with Gasteiger partial charge in [0, 0.05) is 10.2 Å². The fourth-order valence-corrected chi connectivity index (χ4v) is 2.07. The first-order valence-electron chi connectivity index (χ1n) is 5.28. The molecule has 2 rings (SSSR count). The van der Waals surface area contributed by atoms with Crippen LogP contribution in [0.15, 0.2) is 35.1 Å². The highest BCUT2D eigenvalue weighted by Crippen LogP contribution is 2.20. The van der Waals surface area contributed by atoms with E-state index in [1.807, 2.05) is 0 Å². The summed E-state index contributed by atoms with van der Waals surface area (Å²) in [6.45, 7) is 0. The fraction of sp³-hybridized carbons (Fsp3) is 0. The van der Waals surface area contributed by atoms with Crippen LogP contribution in [0, 0.1) is 0 Å². The van der Waals surface area contributed by atoms with E-state index in [2.05, 4.69) is 31.2 Å². The van der Waals surface area contributed by atoms with Crippen molar-refractivity contribution in [1.29, 1.82) is 0 Å². The SMILES string of the molecule is O=C(O)c1cc(Br)cc(NC(=O)c2cncc(Cl)n2)c1. The van der Waals surface area contributed by atoms with Crippen LogP contribution in [-0.2, 0) is 0 Å². The van der Waals surface area contributed by atoms with Crippen molar-refractivity contribution in [1.82, 2.24) is 9.97 Å². The highest BCUT2D eigenvalue weighted by molar-refractivity contribution is 9.10. The Morgan fingerprint density at radius 3 is 2.65 bits per heavy atom. The van der Waals surface area contributed by atoms with Gasteiger partial charge in [-0.25, -0.2) is 9.78 Å². The molecule has 0 atom stereocenters. The van der Waals surface area contributed by atoms with Gasteiger partial charge in [0.2, 0.25) is 0 Å². The van der Waals surface area contributed by atoms with Gasteiger partial charge >= 0.3 is 5.97 Å². The molecule has 2 N–H and O–H groups in total. The van der Waals surface area contributed by atoms with Crippen LogP contribution in [-0.4, -0.2) is 27.0 Å². The second kappa shape index (κ2) is 5.98. The zero-order valence-electron chi connectivity index (χ0n) is 9.80. The zero-order valence-corrected chi connectivity index (χ0v) is 12.1. The maximum absolute atomic E-state index is 11.9. The van der Waals surface area contributed by atoms with Gasteiger partial charge in [0.1, 0.15) is 10.8 Å². The molecule has 0 aliphatic rings. The van der Waals surface area contributed by atoms with Crippen LogP contribution < -0.4 is 5.32 Å². The Labute approximate surface area is 126 Å². The van der Waals surface area contributed by atoms with Crippen molar-refractivity contribution in [2.75, 3.05) is 5.32 Å². The number of hydrogen-bond donors (Lipinski definition) is 2. The number of halogens is 2. The van der Waals surface area contributed by atoms with Gasteiger partial charge in [0.05, 0.1) is 18.0 Å². The number of aromatic nitrogens is 2. The molecule has 0 spiro atoms. The average Bonchev–Trinajstić information content (AvgIpc) is 2.37. The van der Waals surface area contributed by atoms with Gasteiger partial charge in [-0.2, -0.15) is 0 Å². The summed E-state index contributed by atoms with van der Waals surface area (Å²) in [5.41, 5.74) is 0.407. The number of aromatic carboxylic acids is 1. The van der Waals surface area contributed by atoms with E-state index in [-0.39, 0.29) is 16.4 Å². The van der Waals surface area contributed by atoms with Crippen molar-refractivity contribution in [2.24, 2.45) is 0 Å². The maximum Gasteiger partial charge on any atom is 0.335 e. The lowest BCUT2D eigenvalue weighted by Gasteiger charge is -2.06. The summed E-state index contributed by atoms with van der Waals surface area (Å²) in [6.07, 6.45) is 2.57. The molecule has 20 heavy (non-hydrogen) atoms. The van der Waals surface area contributed by atoms with E-state index in [1.165, 1.54) is 24.5 Å². The van der Waals surface area contributed by atoms with E-state index in [0.717, 1.165) is 0 Å². The van der Waals surface area contributed by atoms with Crippen molar-refractivity contribution in [3.8, 4) is 0 Å². The van der Waals surface area contributed by atoms with E-state index < -0.39 is 11.9 Å². The van der Waals surface area contributed by atoms with Crippen molar-refractivity contribution in [3.63, 3.8) is 0 Å². The molecule has 102 valence electrons. The molecule has 0 saturated heterocycles. The van der Waals surface area contributed by atoms with Crippen molar-refractivity contribution >= 4 is 45.1 Å². The van der Waals surface area contributed by atoms with E-state index in [1.54, 1.807) is 6.07 Å². The summed E-state index contributed by atoms with van der Waals surface area (Å²) >= 11 is 8.82. The third-order valence-electron chi connectivity index (χ3n) is 2.24. The summed E-state index contributed by atoms with van der Waals surface area (Å²) in [5, 5.41) is 11.6. The number of nitrogens with one attached hydrogen (secondary N) is 1. The lowest BCUT2D eigenvalue weighted by Crippen LogP contribution is -2.14. The highest BCUT2D eigenvalue weighted by atomic mass is 79.9. The number of amides is 1. The lowest BCUT2D eigenvalue weighted by molar-refractivity contribution is 0.0696. The Morgan fingerprint density at radius 2 is 2.00 bits per heavy atom. The lowest BCUT2D eigenvalue weighted by atomic mass is 10.2. The van der Waals surface area contributed by atoms with Crippen molar-refractivity contribution in [2.45, 2.75) is 0 Å². The Morgan fingerprint density at radius 1 is 1.25 bits per heavy atom. The second-order valence-corrected chi connectivity index (χ2v) is 5.02. The van der Waals surface area contributed by atoms with Crippen LogP contribution in [0.25, 0.3) is 0 Å². The average molecular weight is 357 g/mol. The summed E-state index contributed by atoms with van der Waals surface area (Å²) in [7, 11) is 0. The topological polar surface area (TPSA) is 92.2 Å². The van der Waals surface area contributed by atoms with Gasteiger partial charge in [-0.1, -0.05) is 27.5 Å². The van der Waals surface area contributed by atoms with Crippen LogP contribution in [0.3, 0.4) is 0 Å². The molecule has 0 radical (unpaired) electrons. The molecule has 0 aliphatic carbocycles. The van der Waals surface area contributed by atoms with E-state index in [9.17, 15) is 9.59 Å². The Hall–Kier alpha value is -1.99. The van der Waals surface area contributed by atoms with Gasteiger partial charge in [0.15, 0.2) is 0 Å². The molecule has 0 saturated carbocycles. The predicted molar refractivity (Wildman–Crippen MR) is 76.1 cm³/mol. The Balaban J connectivity index is 2.26. The summed E-state index contributed by atoms with van der Waals surface area (Å²) in [5.74, 6) is -1.63. The minimum Gasteiger partial charge on any atom is -0.478 e. The number of anilines is 1. The first-order valence-corrected chi connectivity index (χ1v) is 6.45. The van der Waals surface area contributed by atoms with Gasteiger partial charge in [-0.05, 0) is 18.2 Å². The molecule has 0 aliphatic heterocycles. The predicted octanol–water partition coefficient (Wildman–Crippen LogP) is 2.84. The number of carboxylic acids is 1. The largest absolute Gasteiger partial charge is 0.478 e. The molecule has 1 aromatic heterocycles. The smallest absolute Gasteiger partial charge is 0.335 e. The van der Waals surface area contributed by atoms with Gasteiger partial charge in [-0.3, -0.25) is 9.78 Å². The number of carboxylic acid groups (broad SMARTS) is 1. The molecule has 1 amide bonds. The van der Waals surface area contributed by atoms with Crippen LogP contribution in [0.5, 0.6) is 0 Å². The van der Waals surface area contributed by atoms with E-state index >= 15 is 0 Å². The Kier molecular flexibility index (Phi) is 4.31. The van der Waals surface area contributed by atoms with Gasteiger partial charge in [-0.15, -0.1) is 0 Å². The van der Waals surface area contributed by atoms with Crippen molar-refractivity contribution in [3.05, 3.63) is 51.5 Å². The number of carbonyl (C=O) groups is 2. The standard InChI is InChI=1S/C12H7BrClN3O3/c13-7-1-6(12(19)20)2-8(3-7)16-11(18)9-4-15-5-10(14)17-9/h1-5H,(H,16,18)(H,19,20). The summed E-state index contributed by atoms with van der Waals surface area (Å²) < 4.78 is 0.532. The Bertz CT molecular complexity index is 693. The summed E-state index contributed by atoms with van der Waals surface area (Å²) in [6, 6.07) is 4.34. The molecule has 1 heterocycles. The van der Waals surface area contributed by atoms with Crippen LogP contribution in [0.4, 0.5) is 5.69 Å². The molecular formula is C12H7BrClN3O3. The minimum atomic E-state index is -1.09. The van der Waals surface area contributed by atoms with Crippen LogP contribution in [0.2, 0.25) is 5.15 Å². The van der Waals surface area contributed by atoms with Crippen molar-refractivity contribution < 1.29 is 14.7 Å². The maximum atomic E-state index is 11.9. The molecule has 2 aromatic rings. The summed E-state index contributed by atoms with van der Waals surface area (Å²) in [4.78, 5) is 30.4. The molecule has 1 aromatic carbocycles. The molecule has 0 bridgehead atoms. The minimum absolute atomic E-state index is 0.0364. The van der Waals surface area contributed by atoms with E-state index in [0.29, 0.717) is 10.2 Å².